The van der Waals surface area contributed by atoms with Gasteiger partial charge in [-0.05, 0) is 72.1 Å². The number of halogens is 4. The summed E-state index contributed by atoms with van der Waals surface area (Å²) < 4.78 is 93.6. The summed E-state index contributed by atoms with van der Waals surface area (Å²) in [6, 6.07) is 4.19. The van der Waals surface area contributed by atoms with Crippen LogP contribution in [0.1, 0.15) is 76.5 Å². The van der Waals surface area contributed by atoms with Crippen LogP contribution >= 0.6 is 0 Å². The van der Waals surface area contributed by atoms with Crippen LogP contribution in [0.15, 0.2) is 36.4 Å². The zero-order valence-corrected chi connectivity index (χ0v) is 34.0. The van der Waals surface area contributed by atoms with Gasteiger partial charge in [-0.2, -0.15) is 13.2 Å². The van der Waals surface area contributed by atoms with Crippen LogP contribution in [0, 0.1) is 17.2 Å². The Hall–Kier alpha value is -4.98. The van der Waals surface area contributed by atoms with E-state index in [1.807, 2.05) is 0 Å². The average molecular weight is 853 g/mol. The highest BCUT2D eigenvalue weighted by Gasteiger charge is 2.62. The lowest BCUT2D eigenvalue weighted by atomic mass is 9.85. The molecule has 5 amide bonds. The smallest absolute Gasteiger partial charge is 0.416 e. The molecule has 2 aromatic carbocycles. The molecule has 6 rings (SSSR count). The number of anilines is 2. The molecule has 2 aromatic rings. The molecule has 4 aliphatic rings. The molecule has 1 saturated heterocycles. The van der Waals surface area contributed by atoms with Crippen molar-refractivity contribution in [2.75, 3.05) is 30.9 Å². The van der Waals surface area contributed by atoms with E-state index in [4.69, 9.17) is 9.47 Å². The van der Waals surface area contributed by atoms with Gasteiger partial charge in [-0.25, -0.2) is 17.6 Å². The first kappa shape index (κ1) is 43.6. The van der Waals surface area contributed by atoms with Gasteiger partial charge in [0.1, 0.15) is 36.2 Å². The number of benzene rings is 2. The average Bonchev–Trinajstić information content (AvgIpc) is 4.03. The van der Waals surface area contributed by atoms with Gasteiger partial charge in [-0.15, -0.1) is 0 Å². The van der Waals surface area contributed by atoms with Crippen LogP contribution in [0.25, 0.3) is 0 Å². The Morgan fingerprint density at radius 3 is 2.29 bits per heavy atom. The van der Waals surface area contributed by atoms with Crippen LogP contribution < -0.4 is 20.7 Å². The molecule has 5 atom stereocenters. The van der Waals surface area contributed by atoms with Gasteiger partial charge >= 0.3 is 12.3 Å². The predicted molar refractivity (Wildman–Crippen MR) is 204 cm³/mol. The van der Waals surface area contributed by atoms with Crippen LogP contribution in [0.3, 0.4) is 0 Å². The van der Waals surface area contributed by atoms with Gasteiger partial charge in [0.05, 0.1) is 17.4 Å². The number of nitrogens with one attached hydrogen (secondary N) is 4. The zero-order valence-electron chi connectivity index (χ0n) is 33.2. The number of carbonyl (C=O) groups excluding carboxylic acids is 5. The van der Waals surface area contributed by atoms with E-state index < -0.39 is 91.7 Å². The molecule has 0 radical (unpaired) electrons. The summed E-state index contributed by atoms with van der Waals surface area (Å²) in [6.07, 6.45) is -5.67. The quantitative estimate of drug-likeness (QED) is 0.212. The number of hydrogen-bond acceptors (Lipinski definition) is 10. The maximum Gasteiger partial charge on any atom is 0.416 e. The SMILES string of the molecule is CC[C@@H]1C[C@]1(NC(=O)[C@@H]1C[C@@H](OC(=O)N2Cc3ccc(NC(=O)COC)cc3C2)CN1C(=O)[C@@H](Nc1cc(F)cc(C(F)(F)F)c1)C(C)(C)C)C(=O)NS(=O)(=O)C1CC1. The highest BCUT2D eigenvalue weighted by Crippen LogP contribution is 2.47. The molecule has 15 nitrogen and oxygen atoms in total. The Morgan fingerprint density at radius 1 is 0.983 bits per heavy atom. The summed E-state index contributed by atoms with van der Waals surface area (Å²) >= 11 is 0. The molecule has 2 heterocycles. The first-order valence-electron chi connectivity index (χ1n) is 19.2. The van der Waals surface area contributed by atoms with Gasteiger partial charge in [0.2, 0.25) is 27.7 Å². The van der Waals surface area contributed by atoms with Crippen molar-refractivity contribution in [3.63, 3.8) is 0 Å². The second-order valence-corrected chi connectivity index (χ2v) is 18.6. The molecule has 2 aliphatic carbocycles. The number of likely N-dealkylation sites (tertiary alicyclic amines) is 1. The summed E-state index contributed by atoms with van der Waals surface area (Å²) in [4.78, 5) is 70.6. The van der Waals surface area contributed by atoms with E-state index >= 15 is 0 Å². The lowest BCUT2D eigenvalue weighted by molar-refractivity contribution is -0.141. The summed E-state index contributed by atoms with van der Waals surface area (Å²) in [6.45, 7) is 6.40. The second kappa shape index (κ2) is 16.2. The number of amides is 5. The van der Waals surface area contributed by atoms with E-state index in [1.54, 1.807) is 45.9 Å². The van der Waals surface area contributed by atoms with Crippen LogP contribution in [-0.4, -0.2) is 97.2 Å². The Bertz CT molecular complexity index is 2130. The number of sulfonamides is 1. The molecule has 0 bridgehead atoms. The van der Waals surface area contributed by atoms with E-state index in [0.717, 1.165) is 22.1 Å². The Labute approximate surface area is 338 Å². The largest absolute Gasteiger partial charge is 0.444 e. The summed E-state index contributed by atoms with van der Waals surface area (Å²) in [5, 5.41) is 7.44. The molecule has 2 aliphatic heterocycles. The number of methoxy groups -OCH3 is 1. The summed E-state index contributed by atoms with van der Waals surface area (Å²) in [5.41, 5.74) is -2.26. The minimum absolute atomic E-state index is 0.116. The lowest BCUT2D eigenvalue weighted by Gasteiger charge is -2.36. The maximum atomic E-state index is 14.6. The minimum atomic E-state index is -4.90. The fraction of sp³-hybridized carbons (Fsp3) is 0.564. The summed E-state index contributed by atoms with van der Waals surface area (Å²) in [5.74, 6) is -4.52. The topological polar surface area (TPSA) is 193 Å². The number of hydrogen-bond donors (Lipinski definition) is 4. The third kappa shape index (κ3) is 9.74. The number of rotatable bonds is 13. The molecular formula is C39H48F4N6O9S. The standard InChI is InChI=1S/C39H48F4N6O9S/c1-6-23-16-38(23,35(53)47-59(55,56)29-9-10-29)46-33(51)30-15-28(58-36(54)48-17-21-7-8-26(11-22(21)18-48)44-31(50)20-57-5)19-49(30)34(52)32(37(2,3)4)45-27-13-24(39(41,42)43)12-25(40)14-27/h7-8,11-14,23,28-30,32,45H,6,9-10,15-20H2,1-5H3,(H,44,50)(H,46,51)(H,47,53)/t23-,28-,30+,32-,38-/m1/s1. The van der Waals surface area contributed by atoms with E-state index in [1.165, 1.54) is 12.0 Å². The molecule has 4 N–H and O–H groups in total. The Balaban J connectivity index is 1.24. The van der Waals surface area contributed by atoms with Crippen LogP contribution in [0.2, 0.25) is 0 Å². The first-order valence-corrected chi connectivity index (χ1v) is 20.8. The van der Waals surface area contributed by atoms with Crippen molar-refractivity contribution in [1.29, 1.82) is 0 Å². The fourth-order valence-corrected chi connectivity index (χ4v) is 9.00. The highest BCUT2D eigenvalue weighted by atomic mass is 32.2. The van der Waals surface area contributed by atoms with E-state index in [-0.39, 0.29) is 50.7 Å². The molecule has 20 heteroatoms. The van der Waals surface area contributed by atoms with Gasteiger partial charge in [0, 0.05) is 38.0 Å². The van der Waals surface area contributed by atoms with Crippen molar-refractivity contribution in [3.8, 4) is 0 Å². The van der Waals surface area contributed by atoms with Crippen molar-refractivity contribution in [2.45, 2.75) is 108 Å². The Kier molecular flexibility index (Phi) is 12.0. The van der Waals surface area contributed by atoms with E-state index in [9.17, 15) is 50.0 Å². The molecule has 0 spiro atoms. The molecule has 0 aromatic heterocycles. The summed E-state index contributed by atoms with van der Waals surface area (Å²) in [7, 11) is -2.59. The molecule has 59 heavy (non-hydrogen) atoms. The van der Waals surface area contributed by atoms with Gasteiger partial charge in [-0.3, -0.25) is 28.8 Å². The van der Waals surface area contributed by atoms with Crippen LogP contribution in [0.5, 0.6) is 0 Å². The van der Waals surface area contributed by atoms with Crippen molar-refractivity contribution >= 4 is 51.1 Å². The third-order valence-electron chi connectivity index (χ3n) is 11.1. The monoisotopic (exact) mass is 852 g/mol. The lowest BCUT2D eigenvalue weighted by Crippen LogP contribution is -2.58. The second-order valence-electron chi connectivity index (χ2n) is 16.7. The van der Waals surface area contributed by atoms with Gasteiger partial charge in [0.25, 0.3) is 5.91 Å². The predicted octanol–water partition coefficient (Wildman–Crippen LogP) is 4.27. The van der Waals surface area contributed by atoms with Crippen molar-refractivity contribution in [3.05, 3.63) is 58.9 Å². The van der Waals surface area contributed by atoms with E-state index in [2.05, 4.69) is 20.7 Å². The number of fused-ring (bicyclic) bond motifs is 1. The molecule has 0 unspecified atom stereocenters. The van der Waals surface area contributed by atoms with Crippen molar-refractivity contribution in [2.24, 2.45) is 11.3 Å². The minimum Gasteiger partial charge on any atom is -0.444 e. The molecular weight excluding hydrogens is 805 g/mol. The van der Waals surface area contributed by atoms with E-state index in [0.29, 0.717) is 37.1 Å². The van der Waals surface area contributed by atoms with Gasteiger partial charge in [-0.1, -0.05) is 40.2 Å². The number of carbonyl (C=O) groups is 5. The van der Waals surface area contributed by atoms with Crippen molar-refractivity contribution < 1.29 is 59.4 Å². The number of alkyl halides is 3. The Morgan fingerprint density at radius 2 is 1.68 bits per heavy atom. The normalized spacial score (nSPS) is 23.2. The highest BCUT2D eigenvalue weighted by molar-refractivity contribution is 7.91. The maximum absolute atomic E-state index is 14.6. The van der Waals surface area contributed by atoms with Crippen molar-refractivity contribution in [1.82, 2.24) is 19.8 Å². The van der Waals surface area contributed by atoms with Gasteiger partial charge in [0.15, 0.2) is 0 Å². The van der Waals surface area contributed by atoms with Crippen LogP contribution in [0.4, 0.5) is 33.7 Å². The van der Waals surface area contributed by atoms with Gasteiger partial charge < -0.3 is 30.3 Å². The number of ether oxygens (including phenoxy) is 2. The molecule has 322 valence electrons. The fourth-order valence-electron chi connectivity index (χ4n) is 7.63. The number of nitrogens with zero attached hydrogens (tertiary/aromatic N) is 2. The zero-order chi connectivity index (χ0) is 43.2. The third-order valence-corrected chi connectivity index (χ3v) is 12.9. The molecule has 3 fully saturated rings. The molecule has 2 saturated carbocycles. The van der Waals surface area contributed by atoms with Crippen LogP contribution in [-0.2, 0) is 57.9 Å². The first-order chi connectivity index (χ1) is 27.5.